The number of hydrogen-bond acceptors (Lipinski definition) is 2. The predicted molar refractivity (Wildman–Crippen MR) is 66.7 cm³/mol. The van der Waals surface area contributed by atoms with Gasteiger partial charge < -0.3 is 4.90 Å². The van der Waals surface area contributed by atoms with Gasteiger partial charge in [-0.05, 0) is 31.5 Å². The summed E-state index contributed by atoms with van der Waals surface area (Å²) in [6, 6.07) is 5.33. The Kier molecular flexibility index (Phi) is 3.18. The molecular formula is C14H18FNO. The predicted octanol–water partition coefficient (Wildman–Crippen LogP) is 2.94. The molecule has 0 amide bonds. The Morgan fingerprint density at radius 1 is 1.35 bits per heavy atom. The molecule has 0 radical (unpaired) electrons. The summed E-state index contributed by atoms with van der Waals surface area (Å²) in [5, 5.41) is 0. The van der Waals surface area contributed by atoms with Crippen LogP contribution in [0.25, 0.3) is 0 Å². The van der Waals surface area contributed by atoms with Crippen molar-refractivity contribution >= 4 is 11.5 Å². The second kappa shape index (κ2) is 4.47. The lowest BCUT2D eigenvalue weighted by Gasteiger charge is -2.38. The summed E-state index contributed by atoms with van der Waals surface area (Å²) in [7, 11) is 0. The van der Waals surface area contributed by atoms with Gasteiger partial charge in [0.15, 0.2) is 0 Å². The van der Waals surface area contributed by atoms with E-state index < -0.39 is 0 Å². The maximum Gasteiger partial charge on any atom is 0.146 e. The first-order valence-electron chi connectivity index (χ1n) is 6.06. The first kappa shape index (κ1) is 12.1. The minimum Gasteiger partial charge on any atom is -0.365 e. The zero-order valence-electron chi connectivity index (χ0n) is 10.5. The number of Topliss-reactive ketones (excluding diaryl/α,β-unsaturated/α-hetero) is 1. The van der Waals surface area contributed by atoms with Crippen molar-refractivity contribution in [3.63, 3.8) is 0 Å². The fraction of sp³-hybridized carbons (Fsp3) is 0.500. The quantitative estimate of drug-likeness (QED) is 0.746. The average molecular weight is 235 g/mol. The molecule has 92 valence electrons. The molecule has 1 aliphatic rings. The first-order valence-corrected chi connectivity index (χ1v) is 6.06. The summed E-state index contributed by atoms with van der Waals surface area (Å²) < 4.78 is 13.9. The number of piperidine rings is 1. The fourth-order valence-electron chi connectivity index (χ4n) is 2.39. The van der Waals surface area contributed by atoms with Crippen LogP contribution < -0.4 is 4.90 Å². The topological polar surface area (TPSA) is 20.3 Å². The molecular weight excluding hydrogens is 217 g/mol. The van der Waals surface area contributed by atoms with E-state index >= 15 is 0 Å². The minimum atomic E-state index is -0.196. The molecule has 0 saturated carbocycles. The second-order valence-electron chi connectivity index (χ2n) is 4.89. The van der Waals surface area contributed by atoms with E-state index in [1.165, 1.54) is 0 Å². The maximum atomic E-state index is 13.9. The zero-order chi connectivity index (χ0) is 12.6. The van der Waals surface area contributed by atoms with Crippen LogP contribution in [0.15, 0.2) is 18.2 Å². The molecule has 0 N–H and O–H groups in total. The van der Waals surface area contributed by atoms with Gasteiger partial charge in [0.1, 0.15) is 11.6 Å². The molecule has 1 aromatic rings. The van der Waals surface area contributed by atoms with Crippen LogP contribution in [0, 0.1) is 18.7 Å². The summed E-state index contributed by atoms with van der Waals surface area (Å²) >= 11 is 0. The number of anilines is 1. The number of benzene rings is 1. The van der Waals surface area contributed by atoms with E-state index in [-0.39, 0.29) is 23.6 Å². The van der Waals surface area contributed by atoms with Gasteiger partial charge in [-0.15, -0.1) is 0 Å². The summed E-state index contributed by atoms with van der Waals surface area (Å²) in [6.07, 6.45) is 0.513. The van der Waals surface area contributed by atoms with Gasteiger partial charge in [-0.3, -0.25) is 4.79 Å². The molecule has 1 aromatic carbocycles. The summed E-state index contributed by atoms with van der Waals surface area (Å²) in [5.74, 6) is 0.0594. The highest BCUT2D eigenvalue weighted by atomic mass is 19.1. The monoisotopic (exact) mass is 235 g/mol. The Labute approximate surface area is 101 Å². The van der Waals surface area contributed by atoms with Crippen LogP contribution in [0.1, 0.15) is 25.8 Å². The highest BCUT2D eigenvalue weighted by Crippen LogP contribution is 2.29. The SMILES string of the molecule is Cc1ccc(N2CCC(=O)C(C)C2C)c(F)c1. The Balaban J connectivity index is 2.31. The van der Waals surface area contributed by atoms with Crippen molar-refractivity contribution in [2.45, 2.75) is 33.2 Å². The minimum absolute atomic E-state index is 0.0237. The lowest BCUT2D eigenvalue weighted by Crippen LogP contribution is -2.47. The number of nitrogens with zero attached hydrogens (tertiary/aromatic N) is 1. The van der Waals surface area contributed by atoms with E-state index in [1.54, 1.807) is 6.07 Å². The number of ketones is 1. The summed E-state index contributed by atoms with van der Waals surface area (Å²) in [6.45, 7) is 6.40. The molecule has 0 bridgehead atoms. The van der Waals surface area contributed by atoms with E-state index in [9.17, 15) is 9.18 Å². The van der Waals surface area contributed by atoms with Gasteiger partial charge in [-0.2, -0.15) is 0 Å². The second-order valence-corrected chi connectivity index (χ2v) is 4.89. The fourth-order valence-corrected chi connectivity index (χ4v) is 2.39. The highest BCUT2D eigenvalue weighted by Gasteiger charge is 2.31. The molecule has 2 rings (SSSR count). The average Bonchev–Trinajstić information content (AvgIpc) is 2.28. The van der Waals surface area contributed by atoms with Gasteiger partial charge in [-0.1, -0.05) is 13.0 Å². The van der Waals surface area contributed by atoms with Crippen LogP contribution in [-0.4, -0.2) is 18.4 Å². The molecule has 0 spiro atoms. The molecule has 0 aliphatic carbocycles. The van der Waals surface area contributed by atoms with Gasteiger partial charge in [-0.25, -0.2) is 4.39 Å². The highest BCUT2D eigenvalue weighted by molar-refractivity contribution is 5.84. The van der Waals surface area contributed by atoms with Crippen molar-refractivity contribution in [1.29, 1.82) is 0 Å². The number of hydrogen-bond donors (Lipinski definition) is 0. The van der Waals surface area contributed by atoms with Crippen molar-refractivity contribution in [2.75, 3.05) is 11.4 Å². The molecule has 1 fully saturated rings. The number of aryl methyl sites for hydroxylation is 1. The van der Waals surface area contributed by atoms with Gasteiger partial charge in [0, 0.05) is 24.9 Å². The van der Waals surface area contributed by atoms with E-state index in [4.69, 9.17) is 0 Å². The van der Waals surface area contributed by atoms with Gasteiger partial charge >= 0.3 is 0 Å². The Hall–Kier alpha value is -1.38. The molecule has 1 heterocycles. The standard InChI is InChI=1S/C14H18FNO/c1-9-4-5-13(12(15)8-9)16-7-6-14(17)10(2)11(16)3/h4-5,8,10-11H,6-7H2,1-3H3. The molecule has 2 atom stereocenters. The van der Waals surface area contributed by atoms with Gasteiger partial charge in [0.05, 0.1) is 5.69 Å². The molecule has 1 aliphatic heterocycles. The smallest absolute Gasteiger partial charge is 0.146 e. The van der Waals surface area contributed by atoms with Crippen molar-refractivity contribution < 1.29 is 9.18 Å². The van der Waals surface area contributed by atoms with Crippen LogP contribution in [0.5, 0.6) is 0 Å². The molecule has 2 unspecified atom stereocenters. The van der Waals surface area contributed by atoms with Crippen molar-refractivity contribution in [1.82, 2.24) is 0 Å². The molecule has 1 saturated heterocycles. The van der Waals surface area contributed by atoms with Gasteiger partial charge in [0.2, 0.25) is 0 Å². The third-order valence-electron chi connectivity index (χ3n) is 3.73. The van der Waals surface area contributed by atoms with Crippen LogP contribution in [0.2, 0.25) is 0 Å². The molecule has 3 heteroatoms. The van der Waals surface area contributed by atoms with Crippen LogP contribution in [0.4, 0.5) is 10.1 Å². The Morgan fingerprint density at radius 2 is 2.06 bits per heavy atom. The lowest BCUT2D eigenvalue weighted by molar-refractivity contribution is -0.123. The van der Waals surface area contributed by atoms with Crippen LogP contribution >= 0.6 is 0 Å². The third kappa shape index (κ3) is 2.19. The van der Waals surface area contributed by atoms with Crippen LogP contribution in [0.3, 0.4) is 0 Å². The normalized spacial score (nSPS) is 25.2. The van der Waals surface area contributed by atoms with E-state index in [2.05, 4.69) is 0 Å². The maximum absolute atomic E-state index is 13.9. The number of rotatable bonds is 1. The Bertz CT molecular complexity index is 444. The third-order valence-corrected chi connectivity index (χ3v) is 3.73. The number of carbonyl (C=O) groups is 1. The van der Waals surface area contributed by atoms with Crippen LogP contribution in [-0.2, 0) is 4.79 Å². The van der Waals surface area contributed by atoms with E-state index in [0.29, 0.717) is 18.7 Å². The first-order chi connectivity index (χ1) is 8.00. The zero-order valence-corrected chi connectivity index (χ0v) is 10.5. The number of carbonyl (C=O) groups excluding carboxylic acids is 1. The molecule has 0 aromatic heterocycles. The van der Waals surface area contributed by atoms with E-state index in [0.717, 1.165) is 5.56 Å². The Morgan fingerprint density at radius 3 is 2.71 bits per heavy atom. The van der Waals surface area contributed by atoms with E-state index in [1.807, 2.05) is 37.8 Å². The largest absolute Gasteiger partial charge is 0.365 e. The van der Waals surface area contributed by atoms with Crippen molar-refractivity contribution in [3.05, 3.63) is 29.6 Å². The number of halogens is 1. The lowest BCUT2D eigenvalue weighted by atomic mass is 9.90. The summed E-state index contributed by atoms with van der Waals surface area (Å²) in [4.78, 5) is 13.6. The van der Waals surface area contributed by atoms with Crippen molar-refractivity contribution in [3.8, 4) is 0 Å². The molecule has 2 nitrogen and oxygen atoms in total. The van der Waals surface area contributed by atoms with Gasteiger partial charge in [0.25, 0.3) is 0 Å². The summed E-state index contributed by atoms with van der Waals surface area (Å²) in [5.41, 5.74) is 1.53. The van der Waals surface area contributed by atoms with Crippen molar-refractivity contribution in [2.24, 2.45) is 5.92 Å². The molecule has 17 heavy (non-hydrogen) atoms.